The third-order valence-corrected chi connectivity index (χ3v) is 5.22. The van der Waals surface area contributed by atoms with Crippen molar-refractivity contribution in [2.75, 3.05) is 20.1 Å². The normalized spacial score (nSPS) is 14.8. The molecule has 0 atom stereocenters. The van der Waals surface area contributed by atoms with Crippen molar-refractivity contribution in [2.45, 2.75) is 31.9 Å². The Hall–Kier alpha value is -2.04. The van der Waals surface area contributed by atoms with E-state index in [9.17, 15) is 4.79 Å². The molecule has 138 valence electrons. The summed E-state index contributed by atoms with van der Waals surface area (Å²) in [6.45, 7) is 2.37. The molecule has 0 aliphatic carbocycles. The summed E-state index contributed by atoms with van der Waals surface area (Å²) in [5, 5.41) is 4.03. The highest BCUT2D eigenvalue weighted by atomic mass is 35.5. The maximum atomic E-state index is 12.6. The van der Waals surface area contributed by atoms with Crippen molar-refractivity contribution in [3.63, 3.8) is 0 Å². The van der Waals surface area contributed by atoms with Gasteiger partial charge in [0.1, 0.15) is 12.4 Å². The van der Waals surface area contributed by atoms with Crippen molar-refractivity contribution in [3.8, 4) is 5.75 Å². The molecule has 4 nitrogen and oxygen atoms in total. The van der Waals surface area contributed by atoms with E-state index in [-0.39, 0.29) is 5.91 Å². The number of carbonyl (C=O) groups excluding carboxylic acids is 1. The van der Waals surface area contributed by atoms with Crippen LogP contribution >= 0.6 is 11.6 Å². The second-order valence-electron chi connectivity index (χ2n) is 6.69. The lowest BCUT2D eigenvalue weighted by Gasteiger charge is -2.31. The van der Waals surface area contributed by atoms with Crippen molar-refractivity contribution < 1.29 is 9.53 Å². The summed E-state index contributed by atoms with van der Waals surface area (Å²) in [7, 11) is 1.91. The number of ether oxygens (including phenoxy) is 1. The Kier molecular flexibility index (Phi) is 6.53. The predicted octanol–water partition coefficient (Wildman–Crippen LogP) is 3.67. The first-order chi connectivity index (χ1) is 12.6. The first-order valence-electron chi connectivity index (χ1n) is 9.05. The summed E-state index contributed by atoms with van der Waals surface area (Å²) in [5.41, 5.74) is 1.91. The lowest BCUT2D eigenvalue weighted by Crippen LogP contribution is -2.44. The van der Waals surface area contributed by atoms with Crippen LogP contribution in [0.15, 0.2) is 48.5 Å². The monoisotopic (exact) mass is 372 g/mol. The van der Waals surface area contributed by atoms with Gasteiger partial charge in [0.25, 0.3) is 0 Å². The van der Waals surface area contributed by atoms with Crippen LogP contribution in [0.5, 0.6) is 5.75 Å². The van der Waals surface area contributed by atoms with Crippen molar-refractivity contribution in [1.29, 1.82) is 0 Å². The number of amides is 1. The van der Waals surface area contributed by atoms with E-state index in [1.165, 1.54) is 0 Å². The molecule has 1 fully saturated rings. The van der Waals surface area contributed by atoms with Gasteiger partial charge in [0.15, 0.2) is 0 Å². The Balaban J connectivity index is 1.58. The minimum absolute atomic E-state index is 0.153. The Bertz CT molecular complexity index is 744. The van der Waals surface area contributed by atoms with Gasteiger partial charge in [-0.05, 0) is 49.7 Å². The Morgan fingerprint density at radius 3 is 2.73 bits per heavy atom. The molecule has 1 N–H and O–H groups in total. The van der Waals surface area contributed by atoms with Crippen molar-refractivity contribution >= 4 is 17.5 Å². The summed E-state index contributed by atoms with van der Waals surface area (Å²) < 4.78 is 5.85. The number of likely N-dealkylation sites (N-methyl/N-ethyl adjacent to an activating group) is 1. The Morgan fingerprint density at radius 2 is 1.96 bits per heavy atom. The largest absolute Gasteiger partial charge is 0.489 e. The second kappa shape index (κ2) is 9.06. The SMILES string of the molecule is CN(C(=O)Cc1cccc(OCc2ccccc2Cl)c1)C1CCNCC1. The fourth-order valence-corrected chi connectivity index (χ4v) is 3.41. The molecule has 1 amide bonds. The van der Waals surface area contributed by atoms with Crippen LogP contribution in [0.1, 0.15) is 24.0 Å². The van der Waals surface area contributed by atoms with Gasteiger partial charge in [0, 0.05) is 23.7 Å². The molecule has 0 radical (unpaired) electrons. The number of nitrogens with one attached hydrogen (secondary N) is 1. The molecular weight excluding hydrogens is 348 g/mol. The van der Waals surface area contributed by atoms with Crippen LogP contribution in [0.25, 0.3) is 0 Å². The average molecular weight is 373 g/mol. The highest BCUT2D eigenvalue weighted by Crippen LogP contribution is 2.20. The van der Waals surface area contributed by atoms with E-state index in [1.807, 2.05) is 60.5 Å². The van der Waals surface area contributed by atoms with Gasteiger partial charge in [0.05, 0.1) is 6.42 Å². The van der Waals surface area contributed by atoms with E-state index in [1.54, 1.807) is 0 Å². The lowest BCUT2D eigenvalue weighted by molar-refractivity contribution is -0.131. The molecular formula is C21H25ClN2O2. The minimum atomic E-state index is 0.153. The van der Waals surface area contributed by atoms with Crippen LogP contribution in [0.3, 0.4) is 0 Å². The minimum Gasteiger partial charge on any atom is -0.489 e. The lowest BCUT2D eigenvalue weighted by atomic mass is 10.0. The summed E-state index contributed by atoms with van der Waals surface area (Å²) in [6, 6.07) is 15.7. The molecule has 0 spiro atoms. The average Bonchev–Trinajstić information content (AvgIpc) is 2.68. The molecule has 2 aromatic rings. The number of rotatable bonds is 6. The van der Waals surface area contributed by atoms with Gasteiger partial charge < -0.3 is 15.0 Å². The van der Waals surface area contributed by atoms with Crippen molar-refractivity contribution in [1.82, 2.24) is 10.2 Å². The van der Waals surface area contributed by atoms with Crippen LogP contribution < -0.4 is 10.1 Å². The summed E-state index contributed by atoms with van der Waals surface area (Å²) in [6.07, 6.45) is 2.43. The number of piperidine rings is 1. The van der Waals surface area contributed by atoms with Crippen LogP contribution in [-0.2, 0) is 17.8 Å². The van der Waals surface area contributed by atoms with Crippen LogP contribution in [0.2, 0.25) is 5.02 Å². The Morgan fingerprint density at radius 1 is 1.19 bits per heavy atom. The molecule has 3 rings (SSSR count). The van der Waals surface area contributed by atoms with Gasteiger partial charge in [-0.1, -0.05) is 41.9 Å². The van der Waals surface area contributed by atoms with Crippen LogP contribution in [0.4, 0.5) is 0 Å². The number of nitrogens with zero attached hydrogens (tertiary/aromatic N) is 1. The number of hydrogen-bond donors (Lipinski definition) is 1. The van der Waals surface area contributed by atoms with E-state index < -0.39 is 0 Å². The number of carbonyl (C=O) groups is 1. The maximum Gasteiger partial charge on any atom is 0.226 e. The zero-order valence-electron chi connectivity index (χ0n) is 15.1. The zero-order valence-corrected chi connectivity index (χ0v) is 15.8. The predicted molar refractivity (Wildman–Crippen MR) is 105 cm³/mol. The molecule has 26 heavy (non-hydrogen) atoms. The smallest absolute Gasteiger partial charge is 0.226 e. The van der Waals surface area contributed by atoms with E-state index in [0.717, 1.165) is 42.8 Å². The van der Waals surface area contributed by atoms with Gasteiger partial charge in [-0.25, -0.2) is 0 Å². The molecule has 1 aliphatic rings. The van der Waals surface area contributed by atoms with Crippen molar-refractivity contribution in [2.24, 2.45) is 0 Å². The van der Waals surface area contributed by atoms with Gasteiger partial charge in [-0.3, -0.25) is 4.79 Å². The van der Waals surface area contributed by atoms with E-state index >= 15 is 0 Å². The van der Waals surface area contributed by atoms with E-state index in [4.69, 9.17) is 16.3 Å². The third kappa shape index (κ3) is 4.99. The number of hydrogen-bond acceptors (Lipinski definition) is 3. The molecule has 0 saturated carbocycles. The highest BCUT2D eigenvalue weighted by molar-refractivity contribution is 6.31. The van der Waals surface area contributed by atoms with Crippen molar-refractivity contribution in [3.05, 3.63) is 64.7 Å². The van der Waals surface area contributed by atoms with Gasteiger partial charge in [0.2, 0.25) is 5.91 Å². The molecule has 1 aliphatic heterocycles. The van der Waals surface area contributed by atoms with Gasteiger partial charge >= 0.3 is 0 Å². The standard InChI is InChI=1S/C21H25ClN2O2/c1-24(18-9-11-23-12-10-18)21(25)14-16-5-4-7-19(13-16)26-15-17-6-2-3-8-20(17)22/h2-8,13,18,23H,9-12,14-15H2,1H3. The molecule has 0 bridgehead atoms. The molecule has 1 saturated heterocycles. The summed E-state index contributed by atoms with van der Waals surface area (Å²) >= 11 is 6.16. The highest BCUT2D eigenvalue weighted by Gasteiger charge is 2.21. The maximum absolute atomic E-state index is 12.6. The quantitative estimate of drug-likeness (QED) is 0.841. The van der Waals surface area contributed by atoms with E-state index in [2.05, 4.69) is 5.32 Å². The first kappa shape index (κ1) is 18.7. The summed E-state index contributed by atoms with van der Waals surface area (Å²) in [4.78, 5) is 14.5. The number of halogens is 1. The molecule has 1 heterocycles. The molecule has 5 heteroatoms. The molecule has 0 aromatic heterocycles. The summed E-state index contributed by atoms with van der Waals surface area (Å²) in [5.74, 6) is 0.903. The topological polar surface area (TPSA) is 41.6 Å². The third-order valence-electron chi connectivity index (χ3n) is 4.86. The van der Waals surface area contributed by atoms with E-state index in [0.29, 0.717) is 24.1 Å². The Labute approximate surface area is 160 Å². The number of benzene rings is 2. The van der Waals surface area contributed by atoms with Crippen LogP contribution in [0, 0.1) is 0 Å². The molecule has 0 unspecified atom stereocenters. The molecule has 2 aromatic carbocycles. The van der Waals surface area contributed by atoms with Crippen LogP contribution in [-0.4, -0.2) is 37.0 Å². The first-order valence-corrected chi connectivity index (χ1v) is 9.43. The van der Waals surface area contributed by atoms with Gasteiger partial charge in [-0.15, -0.1) is 0 Å². The second-order valence-corrected chi connectivity index (χ2v) is 7.10. The zero-order chi connectivity index (χ0) is 18.4. The fraction of sp³-hybridized carbons (Fsp3) is 0.381. The fourth-order valence-electron chi connectivity index (χ4n) is 3.22. The van der Waals surface area contributed by atoms with Gasteiger partial charge in [-0.2, -0.15) is 0 Å².